The van der Waals surface area contributed by atoms with Gasteiger partial charge in [-0.15, -0.1) is 0 Å². The number of fused-ring (bicyclic) bond motifs is 5. The molecule has 0 radical (unpaired) electrons. The molecule has 30 heavy (non-hydrogen) atoms. The lowest BCUT2D eigenvalue weighted by atomic mass is 9.47. The number of alkyl halides is 2. The second-order valence-electron chi connectivity index (χ2n) is 10.2. The number of aliphatic hydroxyl groups is 1. The highest BCUT2D eigenvalue weighted by Gasteiger charge is 2.64. The Bertz CT molecular complexity index is 750. The van der Waals surface area contributed by atoms with Gasteiger partial charge in [-0.1, -0.05) is 18.6 Å². The molecule has 1 heterocycles. The summed E-state index contributed by atoms with van der Waals surface area (Å²) in [5.74, 6) is 0.650. The molecule has 0 bridgehead atoms. The molecule has 4 aliphatic carbocycles. The van der Waals surface area contributed by atoms with E-state index in [4.69, 9.17) is 14.2 Å². The largest absolute Gasteiger partial charge is 0.499 e. The summed E-state index contributed by atoms with van der Waals surface area (Å²) in [6.45, 7) is 3.30. The van der Waals surface area contributed by atoms with Gasteiger partial charge in [0, 0.05) is 12.8 Å². The highest BCUT2D eigenvalue weighted by atomic mass is 19.3. The number of hydrogen-bond acceptors (Lipinski definition) is 4. The average molecular weight is 425 g/mol. The Balaban J connectivity index is 1.50. The van der Waals surface area contributed by atoms with E-state index in [0.717, 1.165) is 37.7 Å². The highest BCUT2D eigenvalue weighted by Crippen LogP contribution is 2.68. The summed E-state index contributed by atoms with van der Waals surface area (Å²) < 4.78 is 47.0. The average Bonchev–Trinajstić information content (AvgIpc) is 3.33. The van der Waals surface area contributed by atoms with Crippen LogP contribution in [0.25, 0.3) is 0 Å². The van der Waals surface area contributed by atoms with E-state index in [1.54, 1.807) is 7.11 Å². The lowest BCUT2D eigenvalue weighted by molar-refractivity contribution is -0.201. The van der Waals surface area contributed by atoms with Gasteiger partial charge in [-0.05, 0) is 67.3 Å². The molecular weight excluding hydrogens is 390 g/mol. The smallest absolute Gasteiger partial charge is 0.248 e. The minimum absolute atomic E-state index is 0.00815. The van der Waals surface area contributed by atoms with Crippen molar-refractivity contribution in [3.05, 3.63) is 23.0 Å². The molecule has 4 nitrogen and oxygen atoms in total. The number of halogens is 2. The first-order chi connectivity index (χ1) is 14.4. The first-order valence-electron chi connectivity index (χ1n) is 11.5. The SMILES string of the molecule is CO/C(CO)=C1/CC[C@H]2[C@@H]3CC=C4CC5(CC[C@]4(C(F)F)[C@H]3CC[C@]12C)OCCO5. The normalized spacial score (nSPS) is 43.8. The summed E-state index contributed by atoms with van der Waals surface area (Å²) in [6.07, 6.45) is 5.72. The van der Waals surface area contributed by atoms with E-state index in [1.807, 2.05) is 0 Å². The molecule has 0 amide bonds. The molecule has 0 aromatic carbocycles. The third-order valence-corrected chi connectivity index (χ3v) is 9.43. The molecule has 0 unspecified atom stereocenters. The summed E-state index contributed by atoms with van der Waals surface area (Å²) in [7, 11) is 1.62. The van der Waals surface area contributed by atoms with Crippen LogP contribution in [-0.4, -0.2) is 44.2 Å². The number of allylic oxidation sites excluding steroid dienone is 2. The molecule has 0 aromatic rings. The molecule has 168 valence electrons. The summed E-state index contributed by atoms with van der Waals surface area (Å²) in [6, 6.07) is 0. The maximum absolute atomic E-state index is 14.9. The number of aliphatic hydroxyl groups excluding tert-OH is 1. The molecule has 3 saturated carbocycles. The molecule has 1 N–H and O–H groups in total. The van der Waals surface area contributed by atoms with Crippen LogP contribution in [0, 0.1) is 28.6 Å². The van der Waals surface area contributed by atoms with Gasteiger partial charge in [-0.2, -0.15) is 0 Å². The highest BCUT2D eigenvalue weighted by molar-refractivity contribution is 5.32. The molecule has 4 fully saturated rings. The first kappa shape index (κ1) is 20.9. The van der Waals surface area contributed by atoms with Gasteiger partial charge in [-0.3, -0.25) is 0 Å². The van der Waals surface area contributed by atoms with Crippen LogP contribution in [0.5, 0.6) is 0 Å². The van der Waals surface area contributed by atoms with E-state index in [2.05, 4.69) is 13.0 Å². The Morgan fingerprint density at radius 1 is 1.20 bits per heavy atom. The third kappa shape index (κ3) is 2.72. The maximum atomic E-state index is 14.9. The van der Waals surface area contributed by atoms with E-state index in [0.29, 0.717) is 44.2 Å². The zero-order valence-corrected chi connectivity index (χ0v) is 18.1. The second-order valence-corrected chi connectivity index (χ2v) is 10.2. The predicted octanol–water partition coefficient (Wildman–Crippen LogP) is 4.83. The molecule has 1 aliphatic heterocycles. The maximum Gasteiger partial charge on any atom is 0.248 e. The Hall–Kier alpha value is -0.980. The summed E-state index contributed by atoms with van der Waals surface area (Å²) in [4.78, 5) is 0. The first-order valence-corrected chi connectivity index (χ1v) is 11.5. The van der Waals surface area contributed by atoms with E-state index >= 15 is 0 Å². The lowest BCUT2D eigenvalue weighted by Gasteiger charge is -2.59. The number of ether oxygens (including phenoxy) is 3. The van der Waals surface area contributed by atoms with Crippen LogP contribution in [0.1, 0.15) is 58.3 Å². The van der Waals surface area contributed by atoms with Gasteiger partial charge in [0.15, 0.2) is 5.79 Å². The fourth-order valence-electron chi connectivity index (χ4n) is 8.03. The van der Waals surface area contributed by atoms with Crippen molar-refractivity contribution in [1.82, 2.24) is 0 Å². The van der Waals surface area contributed by atoms with Crippen molar-refractivity contribution in [2.75, 3.05) is 26.9 Å². The molecule has 5 aliphatic rings. The summed E-state index contributed by atoms with van der Waals surface area (Å²) in [5, 5.41) is 9.78. The third-order valence-electron chi connectivity index (χ3n) is 9.43. The number of hydrogen-bond donors (Lipinski definition) is 1. The van der Waals surface area contributed by atoms with Gasteiger partial charge in [0.05, 0.1) is 25.7 Å². The topological polar surface area (TPSA) is 47.9 Å². The molecular formula is C24H34F2O4. The molecule has 5 rings (SSSR count). The predicted molar refractivity (Wildman–Crippen MR) is 108 cm³/mol. The molecule has 1 spiro atoms. The van der Waals surface area contributed by atoms with Crippen LogP contribution in [0.3, 0.4) is 0 Å². The Labute approximate surface area is 177 Å². The van der Waals surface area contributed by atoms with Gasteiger partial charge >= 0.3 is 0 Å². The fraction of sp³-hybridized carbons (Fsp3) is 0.833. The van der Waals surface area contributed by atoms with Crippen LogP contribution in [-0.2, 0) is 14.2 Å². The van der Waals surface area contributed by atoms with Gasteiger partial charge < -0.3 is 19.3 Å². The second kappa shape index (κ2) is 7.28. The zero-order valence-electron chi connectivity index (χ0n) is 18.1. The van der Waals surface area contributed by atoms with Crippen molar-refractivity contribution in [3.8, 4) is 0 Å². The van der Waals surface area contributed by atoms with Crippen LogP contribution >= 0.6 is 0 Å². The van der Waals surface area contributed by atoms with Crippen LogP contribution in [0.4, 0.5) is 8.78 Å². The van der Waals surface area contributed by atoms with Crippen molar-refractivity contribution in [2.24, 2.45) is 28.6 Å². The van der Waals surface area contributed by atoms with Crippen molar-refractivity contribution in [1.29, 1.82) is 0 Å². The Morgan fingerprint density at radius 2 is 1.97 bits per heavy atom. The lowest BCUT2D eigenvalue weighted by Crippen LogP contribution is -2.55. The van der Waals surface area contributed by atoms with Crippen molar-refractivity contribution in [3.63, 3.8) is 0 Å². The van der Waals surface area contributed by atoms with Crippen molar-refractivity contribution >= 4 is 0 Å². The quantitative estimate of drug-likeness (QED) is 0.521. The van der Waals surface area contributed by atoms with E-state index in [9.17, 15) is 13.9 Å². The monoisotopic (exact) mass is 424 g/mol. The Kier molecular flexibility index (Phi) is 5.07. The number of rotatable bonds is 3. The summed E-state index contributed by atoms with van der Waals surface area (Å²) >= 11 is 0. The van der Waals surface area contributed by atoms with Gasteiger partial charge in [0.1, 0.15) is 12.4 Å². The van der Waals surface area contributed by atoms with E-state index < -0.39 is 17.6 Å². The minimum atomic E-state index is -2.36. The van der Waals surface area contributed by atoms with Crippen molar-refractivity contribution in [2.45, 2.75) is 70.5 Å². The van der Waals surface area contributed by atoms with Gasteiger partial charge in [-0.25, -0.2) is 8.78 Å². The minimum Gasteiger partial charge on any atom is -0.499 e. The zero-order chi connectivity index (χ0) is 21.1. The molecule has 1 saturated heterocycles. The van der Waals surface area contributed by atoms with Gasteiger partial charge in [0.25, 0.3) is 0 Å². The molecule has 6 heteroatoms. The molecule has 0 aromatic heterocycles. The summed E-state index contributed by atoms with van der Waals surface area (Å²) in [5.41, 5.74) is 1.01. The van der Waals surface area contributed by atoms with Crippen LogP contribution in [0.2, 0.25) is 0 Å². The van der Waals surface area contributed by atoms with Crippen LogP contribution < -0.4 is 0 Å². The van der Waals surface area contributed by atoms with Gasteiger partial charge in [0.2, 0.25) is 6.43 Å². The van der Waals surface area contributed by atoms with E-state index in [-0.39, 0.29) is 23.9 Å². The van der Waals surface area contributed by atoms with Crippen molar-refractivity contribution < 1.29 is 28.1 Å². The van der Waals surface area contributed by atoms with E-state index in [1.165, 1.54) is 5.57 Å². The Morgan fingerprint density at radius 3 is 2.63 bits per heavy atom. The number of methoxy groups -OCH3 is 1. The standard InChI is InChI=1S/C24H34F2O4/c1-22-8-7-18-16(17(22)5-6-19(22)20(14-27)28-2)4-3-15-13-23(29-11-12-30-23)9-10-24(15,18)21(25)26/h3,16-18,21,27H,4-14H2,1-2H3/b20-19-/t16-,17-,18-,22-,24+/m0/s1. The molecule has 5 atom stereocenters. The van der Waals surface area contributed by atoms with Crippen LogP contribution in [0.15, 0.2) is 23.0 Å². The fourth-order valence-corrected chi connectivity index (χ4v) is 8.03.